The summed E-state index contributed by atoms with van der Waals surface area (Å²) in [5.74, 6) is -2.17. The lowest BCUT2D eigenvalue weighted by Crippen LogP contribution is -2.15. The van der Waals surface area contributed by atoms with E-state index in [1.807, 2.05) is 0 Å². The maximum absolute atomic E-state index is 13.1. The number of carbonyl (C=O) groups excluding carboxylic acids is 1. The van der Waals surface area contributed by atoms with Crippen LogP contribution in [0.25, 0.3) is 0 Å². The Balaban J connectivity index is 2.30. The molecule has 7 heteroatoms. The van der Waals surface area contributed by atoms with Crippen molar-refractivity contribution in [1.82, 2.24) is 5.16 Å². The zero-order valence-electron chi connectivity index (χ0n) is 9.81. The number of halogens is 1. The fraction of sp³-hybridized carbons (Fsp3) is 0.0833. The summed E-state index contributed by atoms with van der Waals surface area (Å²) in [4.78, 5) is 22.7. The predicted molar refractivity (Wildman–Crippen MR) is 62.6 cm³/mol. The number of hydrogen-bond donors (Lipinski definition) is 2. The van der Waals surface area contributed by atoms with Gasteiger partial charge in [-0.2, -0.15) is 0 Å². The van der Waals surface area contributed by atoms with Crippen molar-refractivity contribution in [2.24, 2.45) is 0 Å². The van der Waals surface area contributed by atoms with Gasteiger partial charge in [-0.1, -0.05) is 5.16 Å². The SMILES string of the molecule is Cc1cc(C(=O)Nc2cc(F)ccc2C(=O)O)no1. The van der Waals surface area contributed by atoms with Crippen LogP contribution in [-0.4, -0.2) is 22.1 Å². The van der Waals surface area contributed by atoms with Gasteiger partial charge >= 0.3 is 5.97 Å². The van der Waals surface area contributed by atoms with Crippen molar-refractivity contribution in [1.29, 1.82) is 0 Å². The maximum Gasteiger partial charge on any atom is 0.337 e. The summed E-state index contributed by atoms with van der Waals surface area (Å²) < 4.78 is 17.8. The van der Waals surface area contributed by atoms with Gasteiger partial charge in [-0.25, -0.2) is 9.18 Å². The van der Waals surface area contributed by atoms with Gasteiger partial charge in [0, 0.05) is 6.07 Å². The summed E-state index contributed by atoms with van der Waals surface area (Å²) in [7, 11) is 0. The molecule has 6 nitrogen and oxygen atoms in total. The number of aromatic carboxylic acids is 1. The van der Waals surface area contributed by atoms with Crippen molar-refractivity contribution >= 4 is 17.6 Å². The van der Waals surface area contributed by atoms with Gasteiger partial charge < -0.3 is 14.9 Å². The van der Waals surface area contributed by atoms with E-state index in [1.54, 1.807) is 6.92 Å². The average Bonchev–Trinajstić information content (AvgIpc) is 2.75. The van der Waals surface area contributed by atoms with Crippen LogP contribution >= 0.6 is 0 Å². The number of carboxylic acid groups (broad SMARTS) is 1. The van der Waals surface area contributed by atoms with Crippen LogP contribution in [0, 0.1) is 12.7 Å². The summed E-state index contributed by atoms with van der Waals surface area (Å²) in [6.45, 7) is 1.61. The van der Waals surface area contributed by atoms with E-state index < -0.39 is 17.7 Å². The van der Waals surface area contributed by atoms with Crippen LogP contribution in [0.3, 0.4) is 0 Å². The van der Waals surface area contributed by atoms with E-state index in [0.717, 1.165) is 18.2 Å². The number of aromatic nitrogens is 1. The van der Waals surface area contributed by atoms with Crippen molar-refractivity contribution in [2.45, 2.75) is 6.92 Å². The molecule has 0 bridgehead atoms. The molecule has 0 fully saturated rings. The van der Waals surface area contributed by atoms with Crippen molar-refractivity contribution < 1.29 is 23.6 Å². The first-order valence-electron chi connectivity index (χ1n) is 5.25. The number of hydrogen-bond acceptors (Lipinski definition) is 4. The molecule has 2 N–H and O–H groups in total. The van der Waals surface area contributed by atoms with Crippen LogP contribution in [0.1, 0.15) is 26.6 Å². The molecule has 0 radical (unpaired) electrons. The number of nitrogens with zero attached hydrogens (tertiary/aromatic N) is 1. The van der Waals surface area contributed by atoms with Gasteiger partial charge in [0.15, 0.2) is 5.69 Å². The molecule has 0 saturated heterocycles. The van der Waals surface area contributed by atoms with Crippen LogP contribution in [0.15, 0.2) is 28.8 Å². The smallest absolute Gasteiger partial charge is 0.337 e. The number of carbonyl (C=O) groups is 2. The average molecular weight is 264 g/mol. The molecular weight excluding hydrogens is 255 g/mol. The number of aryl methyl sites for hydroxylation is 1. The quantitative estimate of drug-likeness (QED) is 0.885. The fourth-order valence-corrected chi connectivity index (χ4v) is 1.47. The number of nitrogens with one attached hydrogen (secondary N) is 1. The summed E-state index contributed by atoms with van der Waals surface area (Å²) >= 11 is 0. The van der Waals surface area contributed by atoms with Crippen LogP contribution in [-0.2, 0) is 0 Å². The Bertz CT molecular complexity index is 651. The van der Waals surface area contributed by atoms with Crippen molar-refractivity contribution in [3.8, 4) is 0 Å². The lowest BCUT2D eigenvalue weighted by atomic mass is 10.1. The highest BCUT2D eigenvalue weighted by Crippen LogP contribution is 2.18. The lowest BCUT2D eigenvalue weighted by molar-refractivity contribution is 0.0698. The van der Waals surface area contributed by atoms with E-state index in [4.69, 9.17) is 9.63 Å². The van der Waals surface area contributed by atoms with Gasteiger partial charge in [0.2, 0.25) is 0 Å². The number of rotatable bonds is 3. The first kappa shape index (κ1) is 12.7. The van der Waals surface area contributed by atoms with Crippen molar-refractivity contribution in [3.05, 3.63) is 47.1 Å². The summed E-state index contributed by atoms with van der Waals surface area (Å²) in [5, 5.41) is 14.7. The van der Waals surface area contributed by atoms with Crippen LogP contribution in [0.2, 0.25) is 0 Å². The van der Waals surface area contributed by atoms with E-state index in [0.29, 0.717) is 5.76 Å². The molecule has 0 aliphatic rings. The second-order valence-corrected chi connectivity index (χ2v) is 3.77. The van der Waals surface area contributed by atoms with Crippen LogP contribution in [0.5, 0.6) is 0 Å². The molecule has 0 atom stereocenters. The molecule has 0 spiro atoms. The lowest BCUT2D eigenvalue weighted by Gasteiger charge is -2.06. The maximum atomic E-state index is 13.1. The Kier molecular flexibility index (Phi) is 3.28. The summed E-state index contributed by atoms with van der Waals surface area (Å²) in [6.07, 6.45) is 0. The Morgan fingerprint density at radius 1 is 1.37 bits per heavy atom. The molecular formula is C12H9FN2O4. The largest absolute Gasteiger partial charge is 0.478 e. The Labute approximate surface area is 106 Å². The second-order valence-electron chi connectivity index (χ2n) is 3.77. The molecule has 1 amide bonds. The highest BCUT2D eigenvalue weighted by atomic mass is 19.1. The minimum Gasteiger partial charge on any atom is -0.478 e. The number of anilines is 1. The zero-order chi connectivity index (χ0) is 14.0. The first-order chi connectivity index (χ1) is 8.97. The van der Waals surface area contributed by atoms with Crippen LogP contribution in [0.4, 0.5) is 10.1 Å². The standard InChI is InChI=1S/C12H9FN2O4/c1-6-4-10(15-19-6)11(16)14-9-5-7(13)2-3-8(9)12(17)18/h2-5H,1H3,(H,14,16)(H,17,18). The van der Waals surface area contributed by atoms with E-state index >= 15 is 0 Å². The molecule has 1 aromatic carbocycles. The van der Waals surface area contributed by atoms with E-state index in [-0.39, 0.29) is 16.9 Å². The Hall–Kier alpha value is -2.70. The third kappa shape index (κ3) is 2.76. The third-order valence-electron chi connectivity index (χ3n) is 2.32. The Morgan fingerprint density at radius 2 is 2.11 bits per heavy atom. The normalized spacial score (nSPS) is 10.2. The van der Waals surface area contributed by atoms with E-state index in [2.05, 4.69) is 10.5 Å². The molecule has 0 aliphatic heterocycles. The molecule has 98 valence electrons. The molecule has 0 aliphatic carbocycles. The number of benzene rings is 1. The van der Waals surface area contributed by atoms with Crippen molar-refractivity contribution in [2.75, 3.05) is 5.32 Å². The third-order valence-corrected chi connectivity index (χ3v) is 2.32. The predicted octanol–water partition coefficient (Wildman–Crippen LogP) is 2.07. The molecule has 1 heterocycles. The number of amides is 1. The van der Waals surface area contributed by atoms with Gasteiger partial charge in [-0.3, -0.25) is 4.79 Å². The highest BCUT2D eigenvalue weighted by Gasteiger charge is 2.16. The van der Waals surface area contributed by atoms with Gasteiger partial charge in [0.05, 0.1) is 11.3 Å². The monoisotopic (exact) mass is 264 g/mol. The highest BCUT2D eigenvalue weighted by molar-refractivity contribution is 6.06. The first-order valence-corrected chi connectivity index (χ1v) is 5.25. The number of carboxylic acids is 1. The van der Waals surface area contributed by atoms with Gasteiger partial charge in [0.25, 0.3) is 5.91 Å². The summed E-state index contributed by atoms with van der Waals surface area (Å²) in [6, 6.07) is 4.38. The van der Waals surface area contributed by atoms with Crippen molar-refractivity contribution in [3.63, 3.8) is 0 Å². The van der Waals surface area contributed by atoms with E-state index in [1.165, 1.54) is 6.07 Å². The molecule has 2 aromatic rings. The fourth-order valence-electron chi connectivity index (χ4n) is 1.47. The van der Waals surface area contributed by atoms with Gasteiger partial charge in [-0.15, -0.1) is 0 Å². The molecule has 2 rings (SSSR count). The molecule has 19 heavy (non-hydrogen) atoms. The molecule has 0 saturated carbocycles. The minimum absolute atomic E-state index is 0.0156. The zero-order valence-corrected chi connectivity index (χ0v) is 9.81. The topological polar surface area (TPSA) is 92.4 Å². The van der Waals surface area contributed by atoms with Crippen LogP contribution < -0.4 is 5.32 Å². The summed E-state index contributed by atoms with van der Waals surface area (Å²) in [5.41, 5.74) is -0.369. The second kappa shape index (κ2) is 4.89. The molecule has 1 aromatic heterocycles. The minimum atomic E-state index is -1.27. The molecule has 0 unspecified atom stereocenters. The van der Waals surface area contributed by atoms with Gasteiger partial charge in [-0.05, 0) is 25.1 Å². The Morgan fingerprint density at radius 3 is 2.68 bits per heavy atom. The van der Waals surface area contributed by atoms with E-state index in [9.17, 15) is 14.0 Å². The van der Waals surface area contributed by atoms with Gasteiger partial charge in [0.1, 0.15) is 11.6 Å².